The minimum Gasteiger partial charge on any atom is -0.445 e. The topological polar surface area (TPSA) is 67.6 Å². The van der Waals surface area contributed by atoms with Crippen molar-refractivity contribution in [2.24, 2.45) is 0 Å². The third-order valence-corrected chi connectivity index (χ3v) is 4.76. The molecule has 0 bridgehead atoms. The predicted molar refractivity (Wildman–Crippen MR) is 136 cm³/mol. The summed E-state index contributed by atoms with van der Waals surface area (Å²) >= 11 is 0. The smallest absolute Gasteiger partial charge is 0.225 e. The fourth-order valence-electron chi connectivity index (χ4n) is 3.12. The molecule has 0 aliphatic rings. The molecule has 0 atom stereocenters. The van der Waals surface area contributed by atoms with E-state index in [2.05, 4.69) is 32.3 Å². The monoisotopic (exact) mass is 444 g/mol. The lowest BCUT2D eigenvalue weighted by Crippen LogP contribution is -1.79. The molecule has 0 saturated heterocycles. The molecule has 5 nitrogen and oxygen atoms in total. The van der Waals surface area contributed by atoms with Crippen LogP contribution in [-0.4, -0.2) is 20.2 Å². The molecular formula is C29H24N4O. The lowest BCUT2D eigenvalue weighted by atomic mass is 10.1. The first-order valence-electron chi connectivity index (χ1n) is 10.9. The second-order valence-corrected chi connectivity index (χ2v) is 7.11. The Bertz CT molecular complexity index is 1200. The van der Waals surface area contributed by atoms with Crippen molar-refractivity contribution in [1.29, 1.82) is 0 Å². The van der Waals surface area contributed by atoms with E-state index < -0.39 is 0 Å². The van der Waals surface area contributed by atoms with E-state index in [0.29, 0.717) is 5.89 Å². The van der Waals surface area contributed by atoms with Gasteiger partial charge in [-0.05, 0) is 30.3 Å². The Morgan fingerprint density at radius 2 is 1.09 bits per heavy atom. The number of nitrogens with zero attached hydrogens (tertiary/aromatic N) is 3. The van der Waals surface area contributed by atoms with Crippen LogP contribution in [-0.2, 0) is 0 Å². The van der Waals surface area contributed by atoms with Crippen molar-refractivity contribution in [3.63, 3.8) is 0 Å². The van der Waals surface area contributed by atoms with Crippen molar-refractivity contribution >= 4 is 0 Å². The van der Waals surface area contributed by atoms with Gasteiger partial charge < -0.3 is 4.42 Å². The maximum absolute atomic E-state index is 5.11. The van der Waals surface area contributed by atoms with E-state index in [9.17, 15) is 0 Å². The minimum absolute atomic E-state index is 0.672. The third kappa shape index (κ3) is 6.61. The zero-order valence-corrected chi connectivity index (χ0v) is 18.5. The summed E-state index contributed by atoms with van der Waals surface area (Å²) in [5.74, 6) is 0.672. The van der Waals surface area contributed by atoms with Gasteiger partial charge in [0.1, 0.15) is 6.26 Å². The first-order chi connectivity index (χ1) is 16.9. The molecule has 6 aromatic rings. The summed E-state index contributed by atoms with van der Waals surface area (Å²) in [6.45, 7) is 0. The van der Waals surface area contributed by atoms with Crippen molar-refractivity contribution in [3.8, 4) is 34.0 Å². The molecule has 0 saturated carbocycles. The molecular weight excluding hydrogens is 420 g/mol. The number of pyridine rings is 1. The molecule has 5 heteroatoms. The van der Waals surface area contributed by atoms with Gasteiger partial charge in [0.15, 0.2) is 0 Å². The Kier molecular flexibility index (Phi) is 8.12. The van der Waals surface area contributed by atoms with Gasteiger partial charge >= 0.3 is 0 Å². The molecule has 34 heavy (non-hydrogen) atoms. The van der Waals surface area contributed by atoms with Gasteiger partial charge in [0.05, 0.1) is 17.6 Å². The van der Waals surface area contributed by atoms with Gasteiger partial charge in [0, 0.05) is 29.1 Å². The number of benzene rings is 3. The van der Waals surface area contributed by atoms with Crippen LogP contribution >= 0.6 is 0 Å². The number of hydrogen-bond donors (Lipinski definition) is 1. The lowest BCUT2D eigenvalue weighted by molar-refractivity contribution is 0.574. The number of H-pyrrole nitrogens is 1. The summed E-state index contributed by atoms with van der Waals surface area (Å²) in [5.41, 5.74) is 5.34. The molecule has 0 aliphatic carbocycles. The second-order valence-electron chi connectivity index (χ2n) is 7.11. The summed E-state index contributed by atoms with van der Waals surface area (Å²) in [6, 6.07) is 37.9. The second kappa shape index (κ2) is 12.3. The van der Waals surface area contributed by atoms with Gasteiger partial charge in [-0.2, -0.15) is 5.10 Å². The average molecular weight is 445 g/mol. The average Bonchev–Trinajstić information content (AvgIpc) is 3.67. The first kappa shape index (κ1) is 22.4. The van der Waals surface area contributed by atoms with Gasteiger partial charge in [-0.25, -0.2) is 4.98 Å². The van der Waals surface area contributed by atoms with Crippen molar-refractivity contribution in [1.82, 2.24) is 20.2 Å². The van der Waals surface area contributed by atoms with Gasteiger partial charge in [-0.15, -0.1) is 0 Å². The molecule has 1 N–H and O–H groups in total. The number of aromatic nitrogens is 4. The van der Waals surface area contributed by atoms with Gasteiger partial charge in [-0.1, -0.05) is 84.9 Å². The zero-order chi connectivity index (χ0) is 23.3. The van der Waals surface area contributed by atoms with E-state index in [1.54, 1.807) is 12.5 Å². The fraction of sp³-hybridized carbons (Fsp3) is 0. The number of hydrogen-bond acceptors (Lipinski definition) is 4. The Morgan fingerprint density at radius 3 is 1.59 bits per heavy atom. The predicted octanol–water partition coefficient (Wildman–Crippen LogP) is 7.17. The van der Waals surface area contributed by atoms with E-state index in [1.165, 1.54) is 0 Å². The maximum atomic E-state index is 5.11. The molecule has 0 aliphatic heterocycles. The van der Waals surface area contributed by atoms with Crippen LogP contribution in [0.2, 0.25) is 0 Å². The summed E-state index contributed by atoms with van der Waals surface area (Å²) in [5, 5.41) is 6.84. The molecule has 3 aromatic heterocycles. The minimum atomic E-state index is 0.672. The van der Waals surface area contributed by atoms with E-state index in [4.69, 9.17) is 4.42 Å². The highest BCUT2D eigenvalue weighted by molar-refractivity contribution is 5.58. The van der Waals surface area contributed by atoms with Crippen LogP contribution in [0.3, 0.4) is 0 Å². The van der Waals surface area contributed by atoms with E-state index in [1.807, 2.05) is 116 Å². The lowest BCUT2D eigenvalue weighted by Gasteiger charge is -1.97. The van der Waals surface area contributed by atoms with Gasteiger partial charge in [-0.3, -0.25) is 10.1 Å². The van der Waals surface area contributed by atoms with Crippen LogP contribution in [0.15, 0.2) is 145 Å². The molecule has 0 amide bonds. The number of nitrogens with one attached hydrogen (secondary N) is 1. The zero-order valence-electron chi connectivity index (χ0n) is 18.5. The molecule has 0 radical (unpaired) electrons. The van der Waals surface area contributed by atoms with Crippen LogP contribution in [0.25, 0.3) is 34.0 Å². The Balaban J connectivity index is 0.000000121. The van der Waals surface area contributed by atoms with E-state index >= 15 is 0 Å². The molecule has 0 fully saturated rings. The third-order valence-electron chi connectivity index (χ3n) is 4.76. The van der Waals surface area contributed by atoms with E-state index in [0.717, 1.165) is 28.1 Å². The highest BCUT2D eigenvalue weighted by Crippen LogP contribution is 2.16. The molecule has 0 unspecified atom stereocenters. The molecule has 166 valence electrons. The first-order valence-corrected chi connectivity index (χ1v) is 10.9. The maximum Gasteiger partial charge on any atom is 0.225 e. The van der Waals surface area contributed by atoms with Crippen molar-refractivity contribution in [2.45, 2.75) is 0 Å². The Hall–Kier alpha value is -4.77. The summed E-state index contributed by atoms with van der Waals surface area (Å²) in [7, 11) is 0. The largest absolute Gasteiger partial charge is 0.445 e. The normalized spacial score (nSPS) is 9.76. The van der Waals surface area contributed by atoms with Crippen LogP contribution in [0.5, 0.6) is 0 Å². The highest BCUT2D eigenvalue weighted by Gasteiger charge is 1.98. The SMILES string of the molecule is c1ccc(-c2cc[nH]n2)cc1.c1ccc(-c2ccccn2)cc1.c1ccc(-c2ncco2)cc1. The van der Waals surface area contributed by atoms with Gasteiger partial charge in [0.25, 0.3) is 0 Å². The van der Waals surface area contributed by atoms with Gasteiger partial charge in [0.2, 0.25) is 5.89 Å². The molecule has 6 rings (SSSR count). The van der Waals surface area contributed by atoms with Crippen molar-refractivity contribution in [3.05, 3.63) is 140 Å². The van der Waals surface area contributed by atoms with Crippen LogP contribution in [0, 0.1) is 0 Å². The fourth-order valence-corrected chi connectivity index (χ4v) is 3.12. The summed E-state index contributed by atoms with van der Waals surface area (Å²) in [6.07, 6.45) is 6.84. The quantitative estimate of drug-likeness (QED) is 0.314. The molecule has 0 spiro atoms. The van der Waals surface area contributed by atoms with Crippen LogP contribution < -0.4 is 0 Å². The Morgan fingerprint density at radius 1 is 0.500 bits per heavy atom. The number of rotatable bonds is 3. The Labute approximate surface area is 198 Å². The molecule has 3 aromatic carbocycles. The van der Waals surface area contributed by atoms with Crippen LogP contribution in [0.1, 0.15) is 0 Å². The van der Waals surface area contributed by atoms with Crippen molar-refractivity contribution in [2.75, 3.05) is 0 Å². The van der Waals surface area contributed by atoms with Crippen LogP contribution in [0.4, 0.5) is 0 Å². The standard InChI is InChI=1S/C11H9N.C9H8N2.C9H7NO/c1-2-6-10(7-3-1)11-8-4-5-9-12-11;1-2-4-8(5-3-1)9-6-7-10-11-9;1-2-4-8(5-3-1)9-10-6-7-11-9/h1-9H;1-7H,(H,10,11);1-7H. The number of oxazole rings is 1. The number of aromatic amines is 1. The summed E-state index contributed by atoms with van der Waals surface area (Å²) in [4.78, 5) is 8.27. The highest BCUT2D eigenvalue weighted by atomic mass is 16.3. The molecule has 3 heterocycles. The van der Waals surface area contributed by atoms with Crippen molar-refractivity contribution < 1.29 is 4.42 Å². The van der Waals surface area contributed by atoms with E-state index in [-0.39, 0.29) is 0 Å². The summed E-state index contributed by atoms with van der Waals surface area (Å²) < 4.78 is 5.11.